The highest BCUT2D eigenvalue weighted by Gasteiger charge is 2.22. The van der Waals surface area contributed by atoms with Crippen LogP contribution >= 0.6 is 0 Å². The molecule has 2 rings (SSSR count). The summed E-state index contributed by atoms with van der Waals surface area (Å²) >= 11 is 0. The summed E-state index contributed by atoms with van der Waals surface area (Å²) in [6.45, 7) is 6.96. The summed E-state index contributed by atoms with van der Waals surface area (Å²) in [6.07, 6.45) is 1.53. The van der Waals surface area contributed by atoms with E-state index in [2.05, 4.69) is 4.98 Å². The first-order valence-electron chi connectivity index (χ1n) is 6.98. The Morgan fingerprint density at radius 1 is 1.33 bits per heavy atom. The molecule has 6 nitrogen and oxygen atoms in total. The van der Waals surface area contributed by atoms with Gasteiger partial charge in [-0.15, -0.1) is 0 Å². The van der Waals surface area contributed by atoms with E-state index in [9.17, 15) is 14.7 Å². The molecule has 1 aromatic carbocycles. The maximum absolute atomic E-state index is 12.4. The third-order valence-electron chi connectivity index (χ3n) is 3.68. The Bertz CT molecular complexity index is 674. The molecule has 0 radical (unpaired) electrons. The van der Waals surface area contributed by atoms with Crippen molar-refractivity contribution in [2.75, 3.05) is 13.1 Å². The molecule has 1 aromatic heterocycles. The molecule has 0 saturated carbocycles. The number of para-hydroxylation sites is 1. The van der Waals surface area contributed by atoms with Gasteiger partial charge >= 0.3 is 5.97 Å². The second-order valence-corrected chi connectivity index (χ2v) is 4.82. The number of hydrogen-bond acceptors (Lipinski definition) is 3. The first-order valence-corrected chi connectivity index (χ1v) is 6.98. The maximum atomic E-state index is 12.4. The quantitative estimate of drug-likeness (QED) is 0.915. The predicted octanol–water partition coefficient (Wildman–Crippen LogP) is 2.16. The molecular formula is C15H19N3O3. The van der Waals surface area contributed by atoms with Crippen LogP contribution in [0.15, 0.2) is 24.5 Å². The molecule has 0 bridgehead atoms. The Morgan fingerprint density at radius 3 is 2.57 bits per heavy atom. The van der Waals surface area contributed by atoms with Crippen LogP contribution in [-0.4, -0.2) is 44.5 Å². The number of nitrogens with zero attached hydrogens (tertiary/aromatic N) is 3. The normalized spacial score (nSPS) is 12.3. The third-order valence-corrected chi connectivity index (χ3v) is 3.68. The largest absolute Gasteiger partial charge is 0.478 e. The van der Waals surface area contributed by atoms with Crippen LogP contribution in [0.3, 0.4) is 0 Å². The zero-order valence-electron chi connectivity index (χ0n) is 12.4. The smallest absolute Gasteiger partial charge is 0.337 e. The van der Waals surface area contributed by atoms with Crippen LogP contribution in [-0.2, 0) is 4.79 Å². The van der Waals surface area contributed by atoms with Gasteiger partial charge in [-0.2, -0.15) is 0 Å². The van der Waals surface area contributed by atoms with E-state index in [0.29, 0.717) is 24.1 Å². The zero-order valence-corrected chi connectivity index (χ0v) is 12.4. The summed E-state index contributed by atoms with van der Waals surface area (Å²) < 4.78 is 1.72. The van der Waals surface area contributed by atoms with Crippen LogP contribution < -0.4 is 0 Å². The van der Waals surface area contributed by atoms with Crippen molar-refractivity contribution in [3.63, 3.8) is 0 Å². The van der Waals surface area contributed by atoms with E-state index < -0.39 is 12.0 Å². The van der Waals surface area contributed by atoms with Crippen LogP contribution in [0.4, 0.5) is 0 Å². The number of carbonyl (C=O) groups excluding carboxylic acids is 1. The van der Waals surface area contributed by atoms with Gasteiger partial charge in [0.1, 0.15) is 11.6 Å². The fraction of sp³-hybridized carbons (Fsp3) is 0.400. The molecule has 0 aliphatic rings. The molecule has 21 heavy (non-hydrogen) atoms. The molecule has 2 aromatic rings. The number of aromatic nitrogens is 2. The maximum Gasteiger partial charge on any atom is 0.337 e. The van der Waals surface area contributed by atoms with Crippen LogP contribution in [0.25, 0.3) is 11.0 Å². The topological polar surface area (TPSA) is 75.4 Å². The molecule has 112 valence electrons. The highest BCUT2D eigenvalue weighted by molar-refractivity contribution is 6.01. The van der Waals surface area contributed by atoms with Gasteiger partial charge in [0.25, 0.3) is 0 Å². The molecule has 1 unspecified atom stereocenters. The number of carboxylic acids is 1. The first kappa shape index (κ1) is 15.0. The summed E-state index contributed by atoms with van der Waals surface area (Å²) in [4.78, 5) is 29.5. The Morgan fingerprint density at radius 2 is 2.00 bits per heavy atom. The number of imidazole rings is 1. The lowest BCUT2D eigenvalue weighted by molar-refractivity contribution is -0.133. The molecule has 0 aliphatic carbocycles. The van der Waals surface area contributed by atoms with E-state index in [-0.39, 0.29) is 11.5 Å². The van der Waals surface area contributed by atoms with E-state index in [1.165, 1.54) is 12.4 Å². The number of aromatic carboxylic acids is 1. The molecule has 0 spiro atoms. The average Bonchev–Trinajstić information content (AvgIpc) is 2.91. The van der Waals surface area contributed by atoms with E-state index in [1.807, 2.05) is 13.8 Å². The van der Waals surface area contributed by atoms with Crippen molar-refractivity contribution in [2.45, 2.75) is 26.8 Å². The SMILES string of the molecule is CCN(CC)C(=O)C(C)n1cnc2c(C(=O)O)cccc21. The van der Waals surface area contributed by atoms with Gasteiger partial charge in [0.2, 0.25) is 5.91 Å². The highest BCUT2D eigenvalue weighted by Crippen LogP contribution is 2.22. The summed E-state index contributed by atoms with van der Waals surface area (Å²) in [5.74, 6) is -1.02. The van der Waals surface area contributed by atoms with E-state index in [0.717, 1.165) is 0 Å². The van der Waals surface area contributed by atoms with Crippen LogP contribution in [0.2, 0.25) is 0 Å². The number of benzene rings is 1. The number of fused-ring (bicyclic) bond motifs is 1. The second-order valence-electron chi connectivity index (χ2n) is 4.82. The van der Waals surface area contributed by atoms with Crippen molar-refractivity contribution in [1.29, 1.82) is 0 Å². The fourth-order valence-electron chi connectivity index (χ4n) is 2.46. The number of rotatable bonds is 5. The summed E-state index contributed by atoms with van der Waals surface area (Å²) in [5, 5.41) is 9.18. The minimum absolute atomic E-state index is 0.0000260. The van der Waals surface area contributed by atoms with Gasteiger partial charge in [-0.1, -0.05) is 6.07 Å². The Labute approximate surface area is 123 Å². The molecule has 6 heteroatoms. The van der Waals surface area contributed by atoms with Gasteiger partial charge < -0.3 is 14.6 Å². The summed E-state index contributed by atoms with van der Waals surface area (Å²) in [7, 11) is 0. The first-order chi connectivity index (χ1) is 10.0. The van der Waals surface area contributed by atoms with Crippen molar-refractivity contribution in [3.05, 3.63) is 30.1 Å². The second kappa shape index (κ2) is 5.95. The Balaban J connectivity index is 2.46. The molecular weight excluding hydrogens is 270 g/mol. The van der Waals surface area contributed by atoms with Crippen molar-refractivity contribution in [2.24, 2.45) is 0 Å². The average molecular weight is 289 g/mol. The molecule has 1 heterocycles. The number of amides is 1. The van der Waals surface area contributed by atoms with Gasteiger partial charge in [0.05, 0.1) is 17.4 Å². The summed E-state index contributed by atoms with van der Waals surface area (Å²) in [5.41, 5.74) is 1.21. The standard InChI is InChI=1S/C15H19N3O3/c1-4-17(5-2)14(19)10(3)18-9-16-13-11(15(20)21)7-6-8-12(13)18/h6-10H,4-5H2,1-3H3,(H,20,21). The van der Waals surface area contributed by atoms with Crippen LogP contribution in [0, 0.1) is 0 Å². The number of likely N-dealkylation sites (N-methyl/N-ethyl adjacent to an activating group) is 1. The van der Waals surface area contributed by atoms with E-state index in [1.54, 1.807) is 28.5 Å². The molecule has 1 amide bonds. The third kappa shape index (κ3) is 2.61. The van der Waals surface area contributed by atoms with Crippen molar-refractivity contribution in [1.82, 2.24) is 14.5 Å². The minimum atomic E-state index is -1.02. The van der Waals surface area contributed by atoms with E-state index in [4.69, 9.17) is 0 Å². The van der Waals surface area contributed by atoms with Crippen molar-refractivity contribution in [3.8, 4) is 0 Å². The number of hydrogen-bond donors (Lipinski definition) is 1. The Kier molecular flexibility index (Phi) is 4.26. The number of carbonyl (C=O) groups is 2. The molecule has 1 atom stereocenters. The van der Waals surface area contributed by atoms with E-state index >= 15 is 0 Å². The van der Waals surface area contributed by atoms with Crippen LogP contribution in [0.1, 0.15) is 37.2 Å². The van der Waals surface area contributed by atoms with Gasteiger partial charge in [-0.05, 0) is 32.9 Å². The van der Waals surface area contributed by atoms with Gasteiger partial charge in [-0.25, -0.2) is 9.78 Å². The molecule has 0 aliphatic heterocycles. The monoisotopic (exact) mass is 289 g/mol. The highest BCUT2D eigenvalue weighted by atomic mass is 16.4. The van der Waals surface area contributed by atoms with Crippen molar-refractivity contribution < 1.29 is 14.7 Å². The number of carboxylic acid groups (broad SMARTS) is 1. The van der Waals surface area contributed by atoms with Gasteiger partial charge in [0, 0.05) is 13.1 Å². The summed E-state index contributed by atoms with van der Waals surface area (Å²) in [6, 6.07) is 4.54. The van der Waals surface area contributed by atoms with Gasteiger partial charge in [-0.3, -0.25) is 4.79 Å². The predicted molar refractivity (Wildman–Crippen MR) is 79.3 cm³/mol. The lowest BCUT2D eigenvalue weighted by atomic mass is 10.1. The Hall–Kier alpha value is -2.37. The van der Waals surface area contributed by atoms with Crippen molar-refractivity contribution >= 4 is 22.9 Å². The fourth-order valence-corrected chi connectivity index (χ4v) is 2.46. The lowest BCUT2D eigenvalue weighted by Gasteiger charge is -2.23. The lowest BCUT2D eigenvalue weighted by Crippen LogP contribution is -2.35. The molecule has 0 fully saturated rings. The molecule has 1 N–H and O–H groups in total. The van der Waals surface area contributed by atoms with Gasteiger partial charge in [0.15, 0.2) is 0 Å². The zero-order chi connectivity index (χ0) is 15.6. The molecule has 0 saturated heterocycles. The minimum Gasteiger partial charge on any atom is -0.478 e. The van der Waals surface area contributed by atoms with Crippen LogP contribution in [0.5, 0.6) is 0 Å².